The molecule has 2 atom stereocenters. The molecule has 0 saturated carbocycles. The minimum Gasteiger partial charge on any atom is -0.260 e. The molecular weight excluding hydrogens is 314 g/mol. The maximum Gasteiger partial charge on any atom is 0.124 e. The van der Waals surface area contributed by atoms with Crippen molar-refractivity contribution in [1.29, 1.82) is 0 Å². The van der Waals surface area contributed by atoms with Crippen LogP contribution < -0.4 is 4.72 Å². The van der Waals surface area contributed by atoms with Crippen LogP contribution in [0.2, 0.25) is 0 Å². The summed E-state index contributed by atoms with van der Waals surface area (Å²) in [6.07, 6.45) is 5.24. The summed E-state index contributed by atoms with van der Waals surface area (Å²) >= 11 is 3.31. The first kappa shape index (κ1) is 15.7. The zero-order valence-electron chi connectivity index (χ0n) is 11.2. The molecule has 6 heteroatoms. The summed E-state index contributed by atoms with van der Waals surface area (Å²) in [5, 5.41) is 0. The summed E-state index contributed by atoms with van der Waals surface area (Å²) < 4.78 is 15.7. The van der Waals surface area contributed by atoms with E-state index in [1.165, 1.54) is 0 Å². The molecule has 0 saturated heterocycles. The van der Waals surface area contributed by atoms with Crippen LogP contribution >= 0.6 is 15.9 Å². The summed E-state index contributed by atoms with van der Waals surface area (Å²) in [5.41, 5.74) is 0.823. The number of nitrogens with one attached hydrogen (secondary N) is 1. The van der Waals surface area contributed by atoms with Gasteiger partial charge in [-0.05, 0) is 43.1 Å². The number of rotatable bonds is 5. The molecular formula is C12H20BrN3OS. The van der Waals surface area contributed by atoms with Gasteiger partial charge in [-0.25, -0.2) is 13.9 Å². The maximum atomic E-state index is 12.1. The van der Waals surface area contributed by atoms with Gasteiger partial charge in [-0.2, -0.15) is 0 Å². The molecule has 0 bridgehead atoms. The lowest BCUT2D eigenvalue weighted by molar-refractivity contribution is 0.552. The lowest BCUT2D eigenvalue weighted by Gasteiger charge is -2.23. The Morgan fingerprint density at radius 2 is 2.11 bits per heavy atom. The standard InChI is InChI=1S/C12H20BrN3OS/c1-5-6-9(16-18(17)12(2,3)4)10-7-14-8-11(13)15-10/h7-9,16H,5-6H2,1-4H3/t9-,18+/m0/s1. The summed E-state index contributed by atoms with van der Waals surface area (Å²) in [5.74, 6) is 0. The van der Waals surface area contributed by atoms with E-state index in [0.29, 0.717) is 4.60 Å². The Morgan fingerprint density at radius 3 is 2.61 bits per heavy atom. The Labute approximate surface area is 120 Å². The van der Waals surface area contributed by atoms with Crippen LogP contribution in [0.3, 0.4) is 0 Å². The molecule has 0 aliphatic carbocycles. The van der Waals surface area contributed by atoms with Gasteiger partial charge in [0.2, 0.25) is 0 Å². The third-order valence-corrected chi connectivity index (χ3v) is 4.36. The molecule has 1 aromatic rings. The second kappa shape index (κ2) is 6.73. The summed E-state index contributed by atoms with van der Waals surface area (Å²) in [4.78, 5) is 8.49. The van der Waals surface area contributed by atoms with Crippen molar-refractivity contribution in [2.45, 2.75) is 51.3 Å². The lowest BCUT2D eigenvalue weighted by atomic mass is 10.1. The van der Waals surface area contributed by atoms with E-state index < -0.39 is 11.0 Å². The predicted octanol–water partition coefficient (Wildman–Crippen LogP) is 3.13. The van der Waals surface area contributed by atoms with Crippen molar-refractivity contribution in [1.82, 2.24) is 14.7 Å². The first-order valence-electron chi connectivity index (χ1n) is 6.00. The number of hydrogen-bond donors (Lipinski definition) is 1. The molecule has 0 aliphatic heterocycles. The molecule has 1 N–H and O–H groups in total. The normalized spacial score (nSPS) is 15.4. The Kier molecular flexibility index (Phi) is 5.88. The van der Waals surface area contributed by atoms with Gasteiger partial charge in [-0.15, -0.1) is 0 Å². The average Bonchev–Trinajstić information content (AvgIpc) is 2.27. The van der Waals surface area contributed by atoms with Crippen molar-refractivity contribution < 1.29 is 4.21 Å². The minimum absolute atomic E-state index is 0.0277. The van der Waals surface area contributed by atoms with Gasteiger partial charge in [-0.3, -0.25) is 4.98 Å². The lowest BCUT2D eigenvalue weighted by Crippen LogP contribution is -2.36. The number of hydrogen-bond acceptors (Lipinski definition) is 3. The monoisotopic (exact) mass is 333 g/mol. The zero-order chi connectivity index (χ0) is 13.8. The van der Waals surface area contributed by atoms with Gasteiger partial charge < -0.3 is 0 Å². The van der Waals surface area contributed by atoms with Crippen LogP contribution in [-0.4, -0.2) is 18.9 Å². The van der Waals surface area contributed by atoms with E-state index in [2.05, 4.69) is 37.5 Å². The molecule has 1 rings (SSSR count). The molecule has 0 fully saturated rings. The highest BCUT2D eigenvalue weighted by molar-refractivity contribution is 9.10. The predicted molar refractivity (Wildman–Crippen MR) is 78.4 cm³/mol. The van der Waals surface area contributed by atoms with Gasteiger partial charge >= 0.3 is 0 Å². The molecule has 0 aromatic carbocycles. The topological polar surface area (TPSA) is 54.9 Å². The van der Waals surface area contributed by atoms with Crippen LogP contribution in [0.1, 0.15) is 52.3 Å². The smallest absolute Gasteiger partial charge is 0.124 e. The highest BCUT2D eigenvalue weighted by Crippen LogP contribution is 2.20. The van der Waals surface area contributed by atoms with Gasteiger partial charge in [0.25, 0.3) is 0 Å². The minimum atomic E-state index is -1.11. The van der Waals surface area contributed by atoms with Gasteiger partial charge in [-0.1, -0.05) is 13.3 Å². The largest absolute Gasteiger partial charge is 0.260 e. The van der Waals surface area contributed by atoms with E-state index >= 15 is 0 Å². The fourth-order valence-electron chi connectivity index (χ4n) is 1.39. The summed E-state index contributed by atoms with van der Waals surface area (Å²) in [7, 11) is -1.11. The van der Waals surface area contributed by atoms with E-state index in [1.807, 2.05) is 20.8 Å². The van der Waals surface area contributed by atoms with Gasteiger partial charge in [0.05, 0.1) is 39.9 Å². The van der Waals surface area contributed by atoms with Gasteiger partial charge in [0, 0.05) is 0 Å². The van der Waals surface area contributed by atoms with E-state index in [0.717, 1.165) is 18.5 Å². The SMILES string of the molecule is CCC[C@H](N[S@](=O)C(C)(C)C)c1cncc(Br)n1. The van der Waals surface area contributed by atoms with Gasteiger partial charge in [0.15, 0.2) is 0 Å². The quantitative estimate of drug-likeness (QED) is 0.900. The first-order valence-corrected chi connectivity index (χ1v) is 7.94. The molecule has 0 amide bonds. The Balaban J connectivity index is 2.87. The van der Waals surface area contributed by atoms with Crippen molar-refractivity contribution in [3.8, 4) is 0 Å². The van der Waals surface area contributed by atoms with E-state index in [1.54, 1.807) is 12.4 Å². The van der Waals surface area contributed by atoms with Crippen LogP contribution in [0.5, 0.6) is 0 Å². The first-order chi connectivity index (χ1) is 8.34. The zero-order valence-corrected chi connectivity index (χ0v) is 13.6. The van der Waals surface area contributed by atoms with E-state index in [-0.39, 0.29) is 10.8 Å². The van der Waals surface area contributed by atoms with Crippen molar-refractivity contribution in [3.63, 3.8) is 0 Å². The summed E-state index contributed by atoms with van der Waals surface area (Å²) in [6.45, 7) is 7.95. The molecule has 1 heterocycles. The fraction of sp³-hybridized carbons (Fsp3) is 0.667. The Bertz CT molecular complexity index is 420. The molecule has 102 valence electrons. The van der Waals surface area contributed by atoms with Gasteiger partial charge in [0.1, 0.15) is 4.60 Å². The van der Waals surface area contributed by atoms with E-state index in [9.17, 15) is 4.21 Å². The molecule has 0 aliphatic rings. The van der Waals surface area contributed by atoms with Crippen LogP contribution in [0.4, 0.5) is 0 Å². The summed E-state index contributed by atoms with van der Waals surface area (Å²) in [6, 6.07) is -0.0277. The van der Waals surface area contributed by atoms with Crippen molar-refractivity contribution in [2.24, 2.45) is 0 Å². The third-order valence-electron chi connectivity index (χ3n) is 2.36. The van der Waals surface area contributed by atoms with Crippen molar-refractivity contribution in [2.75, 3.05) is 0 Å². The second-order valence-corrected chi connectivity index (χ2v) is 7.92. The molecule has 0 spiro atoms. The fourth-order valence-corrected chi connectivity index (χ4v) is 2.56. The average molecular weight is 334 g/mol. The van der Waals surface area contributed by atoms with Crippen molar-refractivity contribution in [3.05, 3.63) is 22.7 Å². The second-order valence-electron chi connectivity index (χ2n) is 5.11. The highest BCUT2D eigenvalue weighted by atomic mass is 79.9. The Morgan fingerprint density at radius 1 is 1.44 bits per heavy atom. The number of aromatic nitrogens is 2. The number of nitrogens with zero attached hydrogens (tertiary/aromatic N) is 2. The maximum absolute atomic E-state index is 12.1. The molecule has 0 unspecified atom stereocenters. The Hall–Kier alpha value is -0.330. The molecule has 4 nitrogen and oxygen atoms in total. The van der Waals surface area contributed by atoms with Crippen LogP contribution in [0.25, 0.3) is 0 Å². The van der Waals surface area contributed by atoms with Crippen LogP contribution in [-0.2, 0) is 11.0 Å². The van der Waals surface area contributed by atoms with Crippen molar-refractivity contribution >= 4 is 26.9 Å². The number of halogens is 1. The molecule has 0 radical (unpaired) electrons. The molecule has 1 aromatic heterocycles. The molecule has 18 heavy (non-hydrogen) atoms. The third kappa shape index (κ3) is 4.74. The van der Waals surface area contributed by atoms with Crippen LogP contribution in [0.15, 0.2) is 17.0 Å². The van der Waals surface area contributed by atoms with E-state index in [4.69, 9.17) is 0 Å². The highest BCUT2D eigenvalue weighted by Gasteiger charge is 2.24. The van der Waals surface area contributed by atoms with Crippen LogP contribution in [0, 0.1) is 0 Å².